The number of amides is 2. The van der Waals surface area contributed by atoms with Crippen molar-refractivity contribution in [3.05, 3.63) is 94.2 Å². The Morgan fingerprint density at radius 2 is 1.62 bits per heavy atom. The Morgan fingerprint density at radius 1 is 1.00 bits per heavy atom. The highest BCUT2D eigenvalue weighted by Crippen LogP contribution is 2.29. The number of piperidine rings is 1. The summed E-state index contributed by atoms with van der Waals surface area (Å²) in [4.78, 5) is 42.9. The molecule has 0 saturated carbocycles. The number of halogens is 1. The van der Waals surface area contributed by atoms with E-state index in [1.807, 2.05) is 51.1 Å². The fraction of sp³-hybridized carbons (Fsp3) is 0.406. The van der Waals surface area contributed by atoms with Crippen LogP contribution in [0.2, 0.25) is 0 Å². The van der Waals surface area contributed by atoms with Crippen molar-refractivity contribution in [3.63, 3.8) is 0 Å². The first-order valence-electron chi connectivity index (χ1n) is 13.8. The SMILES string of the molecule is CC(CC(=O)N1CCC(O)(Cn2cc(C(=O)N(C)C(C)C)c(-c3ccccc3F)cc2=O)CC1)c1ccccc1. The van der Waals surface area contributed by atoms with E-state index >= 15 is 0 Å². The predicted octanol–water partition coefficient (Wildman–Crippen LogP) is 4.68. The van der Waals surface area contributed by atoms with Crippen molar-refractivity contribution in [2.75, 3.05) is 20.1 Å². The number of pyridine rings is 1. The Hall–Kier alpha value is -3.78. The maximum Gasteiger partial charge on any atom is 0.255 e. The molecule has 3 aromatic rings. The van der Waals surface area contributed by atoms with Gasteiger partial charge in [0, 0.05) is 56.0 Å². The molecule has 1 fully saturated rings. The molecule has 4 rings (SSSR count). The van der Waals surface area contributed by atoms with Gasteiger partial charge in [0.05, 0.1) is 17.7 Å². The zero-order valence-electron chi connectivity index (χ0n) is 23.6. The van der Waals surface area contributed by atoms with E-state index < -0.39 is 17.0 Å². The van der Waals surface area contributed by atoms with Gasteiger partial charge < -0.3 is 19.5 Å². The second kappa shape index (κ2) is 12.2. The largest absolute Gasteiger partial charge is 0.388 e. The number of aliphatic hydroxyl groups is 1. The second-order valence-corrected chi connectivity index (χ2v) is 11.2. The third-order valence-corrected chi connectivity index (χ3v) is 7.98. The van der Waals surface area contributed by atoms with Crippen molar-refractivity contribution in [2.45, 2.75) is 64.1 Å². The summed E-state index contributed by atoms with van der Waals surface area (Å²) in [6, 6.07) is 17.1. The van der Waals surface area contributed by atoms with Crippen molar-refractivity contribution < 1.29 is 19.1 Å². The fourth-order valence-electron chi connectivity index (χ4n) is 5.13. The summed E-state index contributed by atoms with van der Waals surface area (Å²) in [5.41, 5.74) is 0.0167. The summed E-state index contributed by atoms with van der Waals surface area (Å²) in [7, 11) is 1.66. The molecule has 2 amide bonds. The van der Waals surface area contributed by atoms with Crippen molar-refractivity contribution in [3.8, 4) is 11.1 Å². The van der Waals surface area contributed by atoms with Crippen LogP contribution >= 0.6 is 0 Å². The summed E-state index contributed by atoms with van der Waals surface area (Å²) >= 11 is 0. The summed E-state index contributed by atoms with van der Waals surface area (Å²) in [5, 5.41) is 11.4. The number of aromatic nitrogens is 1. The zero-order valence-corrected chi connectivity index (χ0v) is 23.6. The van der Waals surface area contributed by atoms with Crippen LogP contribution in [0.3, 0.4) is 0 Å². The van der Waals surface area contributed by atoms with E-state index in [2.05, 4.69) is 0 Å². The van der Waals surface area contributed by atoms with Crippen LogP contribution in [0.4, 0.5) is 4.39 Å². The van der Waals surface area contributed by atoms with Gasteiger partial charge in [0.2, 0.25) is 5.91 Å². The van der Waals surface area contributed by atoms with Crippen LogP contribution in [0.1, 0.15) is 61.9 Å². The van der Waals surface area contributed by atoms with Gasteiger partial charge >= 0.3 is 0 Å². The van der Waals surface area contributed by atoms with Gasteiger partial charge in [0.25, 0.3) is 11.5 Å². The molecule has 1 N–H and O–H groups in total. The lowest BCUT2D eigenvalue weighted by Gasteiger charge is -2.39. The van der Waals surface area contributed by atoms with Gasteiger partial charge in [-0.15, -0.1) is 0 Å². The molecule has 7 nitrogen and oxygen atoms in total. The molecule has 1 aliphatic rings. The fourth-order valence-corrected chi connectivity index (χ4v) is 5.13. The molecule has 8 heteroatoms. The maximum atomic E-state index is 14.7. The second-order valence-electron chi connectivity index (χ2n) is 11.2. The number of carbonyl (C=O) groups excluding carboxylic acids is 2. The Balaban J connectivity index is 1.53. The molecule has 40 heavy (non-hydrogen) atoms. The van der Waals surface area contributed by atoms with Gasteiger partial charge in [-0.05, 0) is 44.2 Å². The van der Waals surface area contributed by atoms with Crippen LogP contribution in [0.25, 0.3) is 11.1 Å². The first-order chi connectivity index (χ1) is 19.0. The third kappa shape index (κ3) is 6.50. The minimum atomic E-state index is -1.23. The molecule has 1 aliphatic heterocycles. The van der Waals surface area contributed by atoms with E-state index in [-0.39, 0.29) is 47.0 Å². The number of hydrogen-bond acceptors (Lipinski definition) is 4. The summed E-state index contributed by atoms with van der Waals surface area (Å²) in [6.45, 7) is 6.49. The highest BCUT2D eigenvalue weighted by Gasteiger charge is 2.35. The maximum absolute atomic E-state index is 14.7. The molecule has 0 radical (unpaired) electrons. The van der Waals surface area contributed by atoms with Gasteiger partial charge in [0.15, 0.2) is 0 Å². The lowest BCUT2D eigenvalue weighted by Crippen LogP contribution is -2.49. The van der Waals surface area contributed by atoms with Crippen LogP contribution in [-0.2, 0) is 11.3 Å². The number of hydrogen-bond donors (Lipinski definition) is 1. The van der Waals surface area contributed by atoms with E-state index in [1.165, 1.54) is 27.8 Å². The number of likely N-dealkylation sites (tertiary alicyclic amines) is 1. The van der Waals surface area contributed by atoms with E-state index in [9.17, 15) is 23.9 Å². The van der Waals surface area contributed by atoms with Crippen molar-refractivity contribution in [2.24, 2.45) is 0 Å². The molecule has 0 bridgehead atoms. The molecule has 1 saturated heterocycles. The van der Waals surface area contributed by atoms with Gasteiger partial charge in [0.1, 0.15) is 5.82 Å². The summed E-state index contributed by atoms with van der Waals surface area (Å²) in [6.07, 6.45) is 2.42. The molecule has 1 atom stereocenters. The molecule has 0 aliphatic carbocycles. The average molecular weight is 548 g/mol. The molecule has 0 spiro atoms. The Kier molecular flexibility index (Phi) is 8.88. The quantitative estimate of drug-likeness (QED) is 0.444. The predicted molar refractivity (Wildman–Crippen MR) is 154 cm³/mol. The Labute approximate surface area is 234 Å². The average Bonchev–Trinajstić information content (AvgIpc) is 2.94. The highest BCUT2D eigenvalue weighted by atomic mass is 19.1. The van der Waals surface area contributed by atoms with Crippen LogP contribution in [0.5, 0.6) is 0 Å². The number of nitrogens with zero attached hydrogens (tertiary/aromatic N) is 3. The Bertz CT molecular complexity index is 1410. The summed E-state index contributed by atoms with van der Waals surface area (Å²) < 4.78 is 16.0. The monoisotopic (exact) mass is 547 g/mol. The minimum absolute atomic E-state index is 0.0303. The topological polar surface area (TPSA) is 82.8 Å². The third-order valence-electron chi connectivity index (χ3n) is 7.98. The van der Waals surface area contributed by atoms with Gasteiger partial charge in [-0.3, -0.25) is 14.4 Å². The van der Waals surface area contributed by atoms with E-state index in [4.69, 9.17) is 0 Å². The van der Waals surface area contributed by atoms with Gasteiger partial charge in [-0.1, -0.05) is 55.5 Å². The smallest absolute Gasteiger partial charge is 0.255 e. The Morgan fingerprint density at radius 3 is 2.25 bits per heavy atom. The number of carbonyl (C=O) groups is 2. The van der Waals surface area contributed by atoms with E-state index in [1.54, 1.807) is 30.1 Å². The molecule has 2 heterocycles. The number of rotatable bonds is 8. The van der Waals surface area contributed by atoms with Gasteiger partial charge in [-0.25, -0.2) is 4.39 Å². The van der Waals surface area contributed by atoms with Crippen LogP contribution in [0.15, 0.2) is 71.7 Å². The highest BCUT2D eigenvalue weighted by molar-refractivity contribution is 6.00. The van der Waals surface area contributed by atoms with Crippen LogP contribution < -0.4 is 5.56 Å². The normalized spacial score (nSPS) is 15.6. The van der Waals surface area contributed by atoms with Crippen LogP contribution in [-0.4, -0.2) is 63.1 Å². The minimum Gasteiger partial charge on any atom is -0.388 e. The van der Waals surface area contributed by atoms with Crippen LogP contribution in [0, 0.1) is 5.82 Å². The molecular formula is C32H38FN3O4. The lowest BCUT2D eigenvalue weighted by atomic mass is 9.90. The lowest BCUT2D eigenvalue weighted by molar-refractivity contribution is -0.136. The molecule has 2 aromatic carbocycles. The standard InChI is InChI=1S/C32H38FN3O4/c1-22(2)34(4)31(39)27-20-36(30(38)19-26(27)25-12-8-9-13-28(25)33)21-32(40)14-16-35(17-15-32)29(37)18-23(3)24-10-6-5-7-11-24/h5-13,19-20,22-23,40H,14-18,21H2,1-4H3. The van der Waals surface area contributed by atoms with Crippen molar-refractivity contribution in [1.29, 1.82) is 0 Å². The zero-order chi connectivity index (χ0) is 29.0. The van der Waals surface area contributed by atoms with Gasteiger partial charge in [-0.2, -0.15) is 0 Å². The van der Waals surface area contributed by atoms with Crippen molar-refractivity contribution >= 4 is 11.8 Å². The number of benzene rings is 2. The van der Waals surface area contributed by atoms with Crippen molar-refractivity contribution in [1.82, 2.24) is 14.4 Å². The van der Waals surface area contributed by atoms with E-state index in [0.717, 1.165) is 5.56 Å². The first-order valence-corrected chi connectivity index (χ1v) is 13.8. The first kappa shape index (κ1) is 29.2. The van der Waals surface area contributed by atoms with E-state index in [0.29, 0.717) is 32.4 Å². The molecule has 1 unspecified atom stereocenters. The molecular weight excluding hydrogens is 509 g/mol. The summed E-state index contributed by atoms with van der Waals surface area (Å²) in [5.74, 6) is -0.754. The molecule has 212 valence electrons. The molecule has 1 aromatic heterocycles.